The number of piperazine rings is 1. The number of hydrogen-bond acceptors (Lipinski definition) is 3. The van der Waals surface area contributed by atoms with Crippen LogP contribution in [0.2, 0.25) is 0 Å². The number of rotatable bonds is 2. The molecule has 1 N–H and O–H groups in total. The van der Waals surface area contributed by atoms with Gasteiger partial charge in [-0.25, -0.2) is 0 Å². The summed E-state index contributed by atoms with van der Waals surface area (Å²) in [4.78, 5) is 16.1. The molecule has 7 heteroatoms. The molecule has 2 heterocycles. The second-order valence-electron chi connectivity index (χ2n) is 6.07. The molecule has 0 aromatic carbocycles. The Kier molecular flexibility index (Phi) is 3.44. The van der Waals surface area contributed by atoms with E-state index in [0.717, 1.165) is 0 Å². The summed E-state index contributed by atoms with van der Waals surface area (Å²) in [6.45, 7) is 2.24. The van der Waals surface area contributed by atoms with Crippen molar-refractivity contribution in [2.24, 2.45) is 5.41 Å². The number of carbonyl (C=O) groups excluding carboxylic acids is 1. The molecule has 4 nitrogen and oxygen atoms in total. The highest BCUT2D eigenvalue weighted by Crippen LogP contribution is 2.44. The fourth-order valence-corrected chi connectivity index (χ4v) is 3.27. The maximum atomic E-state index is 13.3. The van der Waals surface area contributed by atoms with E-state index in [9.17, 15) is 18.0 Å². The van der Waals surface area contributed by atoms with Crippen LogP contribution in [0.3, 0.4) is 0 Å². The van der Waals surface area contributed by atoms with Crippen LogP contribution in [-0.4, -0.2) is 67.2 Å². The van der Waals surface area contributed by atoms with E-state index in [1.807, 2.05) is 0 Å². The van der Waals surface area contributed by atoms with Gasteiger partial charge in [-0.2, -0.15) is 13.2 Å². The van der Waals surface area contributed by atoms with Crippen molar-refractivity contribution in [2.45, 2.75) is 31.5 Å². The fraction of sp³-hybridized carbons (Fsp3) is 0.923. The molecule has 2 aliphatic heterocycles. The molecular formula is C13H20F3N3O. The number of hydrogen-bond donors (Lipinski definition) is 1. The van der Waals surface area contributed by atoms with Gasteiger partial charge < -0.3 is 10.2 Å². The predicted octanol–water partition coefficient (Wildman–Crippen LogP) is 0.835. The topological polar surface area (TPSA) is 35.6 Å². The first-order chi connectivity index (χ1) is 9.44. The van der Waals surface area contributed by atoms with E-state index in [1.54, 1.807) is 0 Å². The zero-order valence-corrected chi connectivity index (χ0v) is 11.4. The standard InChI is InChI=1S/C13H20F3N3O/c14-13(15,16)12(3-4-17-9-12)11(20)19-7-5-18(6-8-19)10-1-2-10/h10,17H,1-9H2. The molecule has 0 spiro atoms. The van der Waals surface area contributed by atoms with Crippen molar-refractivity contribution in [2.75, 3.05) is 39.3 Å². The summed E-state index contributed by atoms with van der Waals surface area (Å²) in [6.07, 6.45) is -2.24. The highest BCUT2D eigenvalue weighted by atomic mass is 19.4. The first kappa shape index (κ1) is 14.1. The van der Waals surface area contributed by atoms with E-state index in [1.165, 1.54) is 17.7 Å². The van der Waals surface area contributed by atoms with E-state index in [2.05, 4.69) is 10.2 Å². The van der Waals surface area contributed by atoms with Crippen molar-refractivity contribution >= 4 is 5.91 Å². The van der Waals surface area contributed by atoms with Gasteiger partial charge in [-0.3, -0.25) is 9.69 Å². The Labute approximate surface area is 116 Å². The molecule has 0 radical (unpaired) electrons. The quantitative estimate of drug-likeness (QED) is 0.819. The summed E-state index contributed by atoms with van der Waals surface area (Å²) in [5.41, 5.74) is -2.20. The zero-order chi connectivity index (χ0) is 14.4. The fourth-order valence-electron chi connectivity index (χ4n) is 3.27. The molecule has 0 aromatic heterocycles. The number of halogens is 3. The molecule has 114 valence electrons. The number of amides is 1. The Hall–Kier alpha value is -0.820. The van der Waals surface area contributed by atoms with Gasteiger partial charge in [0.2, 0.25) is 5.91 Å². The third-order valence-corrected chi connectivity index (χ3v) is 4.77. The van der Waals surface area contributed by atoms with Crippen molar-refractivity contribution in [1.82, 2.24) is 15.1 Å². The monoisotopic (exact) mass is 291 g/mol. The Morgan fingerprint density at radius 3 is 2.25 bits per heavy atom. The minimum absolute atomic E-state index is 0.141. The van der Waals surface area contributed by atoms with E-state index in [0.29, 0.717) is 32.2 Å². The van der Waals surface area contributed by atoms with E-state index >= 15 is 0 Å². The zero-order valence-electron chi connectivity index (χ0n) is 11.4. The van der Waals surface area contributed by atoms with Gasteiger partial charge >= 0.3 is 6.18 Å². The van der Waals surface area contributed by atoms with Gasteiger partial charge in [0, 0.05) is 38.8 Å². The lowest BCUT2D eigenvalue weighted by atomic mass is 9.84. The average molecular weight is 291 g/mol. The molecule has 2 saturated heterocycles. The van der Waals surface area contributed by atoms with Crippen molar-refractivity contribution in [3.63, 3.8) is 0 Å². The second-order valence-corrected chi connectivity index (χ2v) is 6.07. The lowest BCUT2D eigenvalue weighted by Gasteiger charge is -2.40. The highest BCUT2D eigenvalue weighted by molar-refractivity contribution is 5.84. The van der Waals surface area contributed by atoms with E-state index < -0.39 is 17.5 Å². The third kappa shape index (κ3) is 2.30. The van der Waals surface area contributed by atoms with Crippen LogP contribution in [0, 0.1) is 5.41 Å². The predicted molar refractivity (Wildman–Crippen MR) is 67.1 cm³/mol. The van der Waals surface area contributed by atoms with Crippen molar-refractivity contribution in [3.05, 3.63) is 0 Å². The van der Waals surface area contributed by atoms with Crippen LogP contribution in [0.25, 0.3) is 0 Å². The maximum Gasteiger partial charge on any atom is 0.404 e. The minimum Gasteiger partial charge on any atom is -0.339 e. The third-order valence-electron chi connectivity index (χ3n) is 4.77. The maximum absolute atomic E-state index is 13.3. The van der Waals surface area contributed by atoms with Crippen LogP contribution in [0.1, 0.15) is 19.3 Å². The molecule has 1 unspecified atom stereocenters. The highest BCUT2D eigenvalue weighted by Gasteiger charge is 2.62. The summed E-state index contributed by atoms with van der Waals surface area (Å²) in [6, 6.07) is 0.608. The largest absolute Gasteiger partial charge is 0.404 e. The van der Waals surface area contributed by atoms with Crippen molar-refractivity contribution in [3.8, 4) is 0 Å². The number of carbonyl (C=O) groups is 1. The van der Waals surface area contributed by atoms with E-state index in [4.69, 9.17) is 0 Å². The molecule has 1 aliphatic carbocycles. The summed E-state index contributed by atoms with van der Waals surface area (Å²) >= 11 is 0. The molecule has 3 rings (SSSR count). The summed E-state index contributed by atoms with van der Waals surface area (Å²) < 4.78 is 40.0. The van der Waals surface area contributed by atoms with Crippen LogP contribution in [0.15, 0.2) is 0 Å². The van der Waals surface area contributed by atoms with Gasteiger partial charge in [-0.05, 0) is 25.8 Å². The first-order valence-electron chi connectivity index (χ1n) is 7.25. The second kappa shape index (κ2) is 4.87. The number of nitrogens with one attached hydrogen (secondary N) is 1. The molecule has 1 saturated carbocycles. The van der Waals surface area contributed by atoms with Gasteiger partial charge in [0.1, 0.15) is 0 Å². The molecular weight excluding hydrogens is 271 g/mol. The van der Waals surface area contributed by atoms with Crippen LogP contribution < -0.4 is 5.32 Å². The van der Waals surface area contributed by atoms with Gasteiger partial charge in [-0.15, -0.1) is 0 Å². The normalized spacial score (nSPS) is 32.6. The Balaban J connectivity index is 1.68. The number of nitrogens with zero attached hydrogens (tertiary/aromatic N) is 2. The molecule has 20 heavy (non-hydrogen) atoms. The molecule has 1 amide bonds. The lowest BCUT2D eigenvalue weighted by Crippen LogP contribution is -2.58. The summed E-state index contributed by atoms with van der Waals surface area (Å²) in [7, 11) is 0. The first-order valence-corrected chi connectivity index (χ1v) is 7.25. The van der Waals surface area contributed by atoms with Gasteiger partial charge in [0.05, 0.1) is 0 Å². The van der Waals surface area contributed by atoms with Gasteiger partial charge in [-0.1, -0.05) is 0 Å². The number of alkyl halides is 3. The Morgan fingerprint density at radius 2 is 1.80 bits per heavy atom. The van der Waals surface area contributed by atoms with Crippen molar-refractivity contribution in [1.29, 1.82) is 0 Å². The summed E-state index contributed by atoms with van der Waals surface area (Å²) in [5.74, 6) is -0.731. The molecule has 1 atom stereocenters. The molecule has 3 fully saturated rings. The summed E-state index contributed by atoms with van der Waals surface area (Å²) in [5, 5.41) is 2.70. The van der Waals surface area contributed by atoms with Crippen molar-refractivity contribution < 1.29 is 18.0 Å². The Bertz CT molecular complexity index is 381. The van der Waals surface area contributed by atoms with Gasteiger partial charge in [0.15, 0.2) is 5.41 Å². The van der Waals surface area contributed by atoms with Crippen LogP contribution in [-0.2, 0) is 4.79 Å². The minimum atomic E-state index is -4.47. The lowest BCUT2D eigenvalue weighted by molar-refractivity contribution is -0.222. The molecule has 0 bridgehead atoms. The van der Waals surface area contributed by atoms with Crippen LogP contribution in [0.5, 0.6) is 0 Å². The smallest absolute Gasteiger partial charge is 0.339 e. The molecule has 0 aromatic rings. The Morgan fingerprint density at radius 1 is 1.15 bits per heavy atom. The van der Waals surface area contributed by atoms with Crippen LogP contribution >= 0.6 is 0 Å². The molecule has 3 aliphatic rings. The van der Waals surface area contributed by atoms with Gasteiger partial charge in [0.25, 0.3) is 0 Å². The SMILES string of the molecule is O=C(N1CCN(C2CC2)CC1)C1(C(F)(F)F)CCNC1. The van der Waals surface area contributed by atoms with Crippen LogP contribution in [0.4, 0.5) is 13.2 Å². The van der Waals surface area contributed by atoms with E-state index in [-0.39, 0.29) is 19.5 Å². The average Bonchev–Trinajstić information content (AvgIpc) is 3.13.